The van der Waals surface area contributed by atoms with Gasteiger partial charge in [0.05, 0.1) is 30.4 Å². The second-order valence-electron chi connectivity index (χ2n) is 18.1. The number of benzene rings is 2. The lowest BCUT2D eigenvalue weighted by molar-refractivity contribution is -0.152. The van der Waals surface area contributed by atoms with Crippen molar-refractivity contribution in [3.63, 3.8) is 0 Å². The van der Waals surface area contributed by atoms with Crippen LogP contribution >= 0.6 is 0 Å². The quantitative estimate of drug-likeness (QED) is 0.0550. The zero-order chi connectivity index (χ0) is 43.9. The molecule has 0 saturated heterocycles. The molecule has 16 heteroatoms. The topological polar surface area (TPSA) is 162 Å². The van der Waals surface area contributed by atoms with Crippen LogP contribution in [0.1, 0.15) is 126 Å². The van der Waals surface area contributed by atoms with Crippen LogP contribution in [0.5, 0.6) is 5.75 Å². The predicted molar refractivity (Wildman–Crippen MR) is 231 cm³/mol. The smallest absolute Gasteiger partial charge is 0.435 e. The number of rotatable bonds is 17. The van der Waals surface area contributed by atoms with E-state index in [9.17, 15) is 23.1 Å². The fraction of sp³-hybridized carbons (Fsp3) is 0.628. The number of fused-ring (bicyclic) bond motifs is 1. The first-order chi connectivity index (χ1) is 27.5. The molecule has 0 spiro atoms. The Labute approximate surface area is 353 Å². The van der Waals surface area contributed by atoms with E-state index in [0.29, 0.717) is 16.8 Å². The van der Waals surface area contributed by atoms with Gasteiger partial charge in [-0.2, -0.15) is 9.78 Å². The van der Waals surface area contributed by atoms with Crippen LogP contribution in [-0.4, -0.2) is 93.0 Å². The molecule has 1 amide bonds. The van der Waals surface area contributed by atoms with Crippen molar-refractivity contribution >= 4 is 54.3 Å². The molecule has 2 aromatic carbocycles. The molecule has 14 nitrogen and oxygen atoms in total. The Balaban J connectivity index is 1.67. The van der Waals surface area contributed by atoms with Crippen molar-refractivity contribution in [3.8, 4) is 5.75 Å². The summed E-state index contributed by atoms with van der Waals surface area (Å²) >= 11 is -2.80. The Morgan fingerprint density at radius 2 is 1.53 bits per heavy atom. The average Bonchev–Trinajstić information content (AvgIpc) is 3.47. The summed E-state index contributed by atoms with van der Waals surface area (Å²) in [5, 5.41) is 5.58. The van der Waals surface area contributed by atoms with Crippen molar-refractivity contribution in [2.24, 2.45) is 0 Å². The summed E-state index contributed by atoms with van der Waals surface area (Å²) in [4.78, 5) is 41.6. The van der Waals surface area contributed by atoms with Gasteiger partial charge in [0.2, 0.25) is 0 Å². The van der Waals surface area contributed by atoms with Gasteiger partial charge in [-0.15, -0.1) is 0 Å². The van der Waals surface area contributed by atoms with Crippen molar-refractivity contribution in [1.82, 2.24) is 14.7 Å². The second-order valence-corrected chi connectivity index (χ2v) is 23.7. The highest BCUT2D eigenvalue weighted by molar-refractivity contribution is 7.80. The number of ether oxygens (including phenoxy) is 4. The van der Waals surface area contributed by atoms with Gasteiger partial charge in [-0.3, -0.25) is 13.3 Å². The number of hydrogen-bond acceptors (Lipinski definition) is 11. The zero-order valence-corrected chi connectivity index (χ0v) is 38.9. The molecule has 0 bridgehead atoms. The fourth-order valence-electron chi connectivity index (χ4n) is 6.81. The molecular weight excluding hydrogens is 793 g/mol. The molecule has 0 radical (unpaired) electrons. The van der Waals surface area contributed by atoms with Gasteiger partial charge in [-0.05, 0) is 123 Å². The van der Waals surface area contributed by atoms with Crippen molar-refractivity contribution in [1.29, 1.82) is 0 Å². The molecule has 3 aromatic rings. The first-order valence-corrected chi connectivity index (χ1v) is 24.3. The van der Waals surface area contributed by atoms with Gasteiger partial charge in [0.25, 0.3) is 0 Å². The maximum absolute atomic E-state index is 14.0. The van der Waals surface area contributed by atoms with Crippen LogP contribution in [0.4, 0.5) is 15.3 Å². The van der Waals surface area contributed by atoms with E-state index in [-0.39, 0.29) is 31.3 Å². The highest BCUT2D eigenvalue weighted by Crippen LogP contribution is 2.40. The number of amides is 1. The maximum atomic E-state index is 14.0. The number of aromatic nitrogens is 2. The van der Waals surface area contributed by atoms with E-state index in [4.69, 9.17) is 28.5 Å². The molecule has 4 rings (SSSR count). The van der Waals surface area contributed by atoms with Gasteiger partial charge >= 0.3 is 18.2 Å². The number of esters is 1. The van der Waals surface area contributed by atoms with Crippen molar-refractivity contribution in [3.05, 3.63) is 53.7 Å². The molecule has 2 atom stereocenters. The summed E-state index contributed by atoms with van der Waals surface area (Å²) in [7, 11) is -2.34. The summed E-state index contributed by atoms with van der Waals surface area (Å²) in [5.41, 5.74) is 0.0189. The van der Waals surface area contributed by atoms with Crippen molar-refractivity contribution in [2.75, 3.05) is 30.5 Å². The highest BCUT2D eigenvalue weighted by Gasteiger charge is 2.36. The van der Waals surface area contributed by atoms with Gasteiger partial charge in [0.1, 0.15) is 35.7 Å². The van der Waals surface area contributed by atoms with E-state index < -0.39 is 67.2 Å². The summed E-state index contributed by atoms with van der Waals surface area (Å²) < 4.78 is 57.6. The van der Waals surface area contributed by atoms with E-state index in [0.717, 1.165) is 52.8 Å². The molecule has 1 aliphatic carbocycles. The Bertz CT molecular complexity index is 1930. The van der Waals surface area contributed by atoms with Crippen LogP contribution in [0, 0.1) is 0 Å². The van der Waals surface area contributed by atoms with Gasteiger partial charge in [0.15, 0.2) is 8.32 Å². The van der Waals surface area contributed by atoms with E-state index in [1.54, 1.807) is 70.7 Å². The molecule has 1 aliphatic rings. The van der Waals surface area contributed by atoms with E-state index in [1.807, 2.05) is 39.0 Å². The second kappa shape index (κ2) is 19.6. The normalized spacial score (nSPS) is 14.9. The molecular formula is C43H65N4O10SSi-. The Kier molecular flexibility index (Phi) is 15.8. The summed E-state index contributed by atoms with van der Waals surface area (Å²) in [5.74, 6) is 0.0614. The van der Waals surface area contributed by atoms with Crippen LogP contribution in [0.2, 0.25) is 18.1 Å². The number of anilines is 1. The number of hydrogen-bond donors (Lipinski definition) is 0. The lowest BCUT2D eigenvalue weighted by Crippen LogP contribution is -2.45. The number of carbonyl (C=O) groups is 3. The van der Waals surface area contributed by atoms with Crippen molar-refractivity contribution < 1.29 is 46.5 Å². The van der Waals surface area contributed by atoms with Gasteiger partial charge in [0, 0.05) is 34.3 Å². The molecule has 1 aromatic heterocycles. The van der Waals surface area contributed by atoms with Gasteiger partial charge < -0.3 is 32.8 Å². The SMILES string of the molecule is CC[Si](CC)(CC)OC(CN(CCOc1ccc2c(C3CCC3)nn(C(=O)OC(C)(C)C)c2c1)C(=O)OC(C)(C)C)c1cccc(N(CC(=O)OC(C)(C)C)S(=O)[O-])c1. The average molecular weight is 858 g/mol. The number of nitrogens with zero attached hydrogens (tertiary/aromatic N) is 4. The summed E-state index contributed by atoms with van der Waals surface area (Å²) in [6, 6.07) is 14.8. The van der Waals surface area contributed by atoms with Crippen LogP contribution in [0.25, 0.3) is 10.9 Å². The predicted octanol–water partition coefficient (Wildman–Crippen LogP) is 9.41. The highest BCUT2D eigenvalue weighted by atomic mass is 32.2. The van der Waals surface area contributed by atoms with Gasteiger partial charge in [-0.1, -0.05) is 39.3 Å². The molecule has 59 heavy (non-hydrogen) atoms. The largest absolute Gasteiger partial charge is 0.755 e. The zero-order valence-electron chi connectivity index (χ0n) is 37.0. The first kappa shape index (κ1) is 47.7. The van der Waals surface area contributed by atoms with Crippen molar-refractivity contribution in [2.45, 2.75) is 149 Å². The van der Waals surface area contributed by atoms with E-state index in [1.165, 1.54) is 4.68 Å². The monoisotopic (exact) mass is 857 g/mol. The molecule has 2 unspecified atom stereocenters. The number of carbonyl (C=O) groups excluding carboxylic acids is 3. The van der Waals surface area contributed by atoms with Crippen LogP contribution in [-0.2, 0) is 34.7 Å². The standard InChI is InChI=1S/C43H66N4O10SSi/c1-13-59(14-2,15-3)57-36(31-20-17-21-32(26-31)46(58(51)52)29-37(48)54-41(4,5)6)28-45(39(49)55-42(7,8)9)24-25-53-33-22-23-34-35(27-33)47(40(50)56-43(10,11)12)44-38(34)30-18-16-19-30/h17,20-23,26-27,30,36H,13-16,18-19,24-25,28-29H2,1-12H3,(H,51,52)/p-1. The van der Waals surface area contributed by atoms with Crippen LogP contribution in [0.15, 0.2) is 42.5 Å². The lowest BCUT2D eigenvalue weighted by Gasteiger charge is -2.37. The lowest BCUT2D eigenvalue weighted by atomic mass is 9.82. The minimum atomic E-state index is -2.80. The Morgan fingerprint density at radius 3 is 2.07 bits per heavy atom. The fourth-order valence-corrected chi connectivity index (χ4v) is 10.1. The molecule has 328 valence electrons. The van der Waals surface area contributed by atoms with E-state index in [2.05, 4.69) is 20.8 Å². The third-order valence-electron chi connectivity index (χ3n) is 10.1. The summed E-state index contributed by atoms with van der Waals surface area (Å²) in [6.07, 6.45) is 1.31. The third kappa shape index (κ3) is 13.5. The van der Waals surface area contributed by atoms with Crippen LogP contribution < -0.4 is 9.04 Å². The molecule has 1 saturated carbocycles. The first-order valence-electron chi connectivity index (χ1n) is 20.7. The Morgan fingerprint density at radius 1 is 0.898 bits per heavy atom. The minimum Gasteiger partial charge on any atom is -0.755 e. The molecule has 1 heterocycles. The van der Waals surface area contributed by atoms with E-state index >= 15 is 0 Å². The Hall–Kier alpha value is -3.99. The third-order valence-corrected chi connectivity index (χ3v) is 15.5. The van der Waals surface area contributed by atoms with Crippen LogP contribution in [0.3, 0.4) is 0 Å². The molecule has 0 aliphatic heterocycles. The maximum Gasteiger partial charge on any atom is 0.435 e. The minimum absolute atomic E-state index is 0.0677. The molecule has 1 fully saturated rings. The summed E-state index contributed by atoms with van der Waals surface area (Å²) in [6.45, 7) is 22.0. The molecule has 0 N–H and O–H groups in total. The van der Waals surface area contributed by atoms with Gasteiger partial charge in [-0.25, -0.2) is 9.59 Å².